The summed E-state index contributed by atoms with van der Waals surface area (Å²) in [4.78, 5) is 0. The SMILES string of the molecule is COc1ccc(C(P(=O)(OC)OC)P(=O)(OC)OC)cc1. The third-order valence-electron chi connectivity index (χ3n) is 3.03. The molecule has 0 fully saturated rings. The smallest absolute Gasteiger partial charge is 0.349 e. The molecule has 0 amide bonds. The largest absolute Gasteiger partial charge is 0.497 e. The molecular formula is C12H20O7P2. The maximum Gasteiger partial charge on any atom is 0.349 e. The van der Waals surface area contributed by atoms with Crippen LogP contribution >= 0.6 is 15.2 Å². The predicted molar refractivity (Wildman–Crippen MR) is 79.0 cm³/mol. The first-order valence-electron chi connectivity index (χ1n) is 5.97. The molecule has 1 aromatic rings. The summed E-state index contributed by atoms with van der Waals surface area (Å²) < 4.78 is 50.5. The summed E-state index contributed by atoms with van der Waals surface area (Å²) in [6.45, 7) is 0. The summed E-state index contributed by atoms with van der Waals surface area (Å²) in [5.74, 6) is 0.604. The van der Waals surface area contributed by atoms with Crippen molar-refractivity contribution in [3.05, 3.63) is 29.8 Å². The number of ether oxygens (including phenoxy) is 1. The quantitative estimate of drug-likeness (QED) is 0.669. The van der Waals surface area contributed by atoms with Crippen molar-refractivity contribution >= 4 is 15.2 Å². The zero-order valence-electron chi connectivity index (χ0n) is 12.6. The molecule has 0 aromatic heterocycles. The molecular weight excluding hydrogens is 318 g/mol. The molecule has 0 spiro atoms. The first-order valence-corrected chi connectivity index (χ1v) is 9.19. The topological polar surface area (TPSA) is 80.3 Å². The van der Waals surface area contributed by atoms with Gasteiger partial charge in [0.25, 0.3) is 0 Å². The third kappa shape index (κ3) is 3.75. The van der Waals surface area contributed by atoms with Crippen LogP contribution in [-0.4, -0.2) is 35.5 Å². The van der Waals surface area contributed by atoms with Crippen molar-refractivity contribution in [2.24, 2.45) is 0 Å². The van der Waals surface area contributed by atoms with Crippen molar-refractivity contribution in [2.75, 3.05) is 35.5 Å². The van der Waals surface area contributed by atoms with Gasteiger partial charge in [0.2, 0.25) is 0 Å². The molecule has 120 valence electrons. The molecule has 0 bridgehead atoms. The lowest BCUT2D eigenvalue weighted by Gasteiger charge is -2.29. The Hall–Kier alpha value is -0.680. The Morgan fingerprint density at radius 1 is 0.762 bits per heavy atom. The summed E-state index contributed by atoms with van der Waals surface area (Å²) in [5.41, 5.74) is 0.440. The zero-order valence-corrected chi connectivity index (χ0v) is 14.4. The lowest BCUT2D eigenvalue weighted by Crippen LogP contribution is -2.07. The molecule has 7 nitrogen and oxygen atoms in total. The molecule has 0 N–H and O–H groups in total. The van der Waals surface area contributed by atoms with Gasteiger partial charge in [0.1, 0.15) is 5.75 Å². The third-order valence-corrected chi connectivity index (χ3v) is 8.56. The molecule has 0 unspecified atom stereocenters. The Morgan fingerprint density at radius 2 is 1.14 bits per heavy atom. The summed E-state index contributed by atoms with van der Waals surface area (Å²) in [7, 11) is -1.09. The molecule has 0 radical (unpaired) electrons. The van der Waals surface area contributed by atoms with Crippen molar-refractivity contribution in [1.82, 2.24) is 0 Å². The first kappa shape index (κ1) is 18.4. The van der Waals surface area contributed by atoms with Crippen LogP contribution in [0.3, 0.4) is 0 Å². The van der Waals surface area contributed by atoms with E-state index in [9.17, 15) is 9.13 Å². The number of hydrogen-bond acceptors (Lipinski definition) is 7. The fourth-order valence-corrected chi connectivity index (χ4v) is 6.55. The van der Waals surface area contributed by atoms with E-state index in [1.807, 2.05) is 0 Å². The number of rotatable bonds is 8. The highest BCUT2D eigenvalue weighted by atomic mass is 31.2. The van der Waals surface area contributed by atoms with Crippen LogP contribution in [0, 0.1) is 0 Å². The van der Waals surface area contributed by atoms with Gasteiger partial charge in [0.05, 0.1) is 7.11 Å². The van der Waals surface area contributed by atoms with E-state index in [4.69, 9.17) is 22.8 Å². The zero-order chi connectivity index (χ0) is 16.1. The summed E-state index contributed by atoms with van der Waals surface area (Å²) in [6.07, 6.45) is 0. The van der Waals surface area contributed by atoms with E-state index in [2.05, 4.69) is 0 Å². The van der Waals surface area contributed by atoms with Gasteiger partial charge in [-0.15, -0.1) is 0 Å². The van der Waals surface area contributed by atoms with Gasteiger partial charge in [-0.1, -0.05) is 12.1 Å². The maximum atomic E-state index is 12.8. The fourth-order valence-electron chi connectivity index (χ4n) is 1.86. The molecule has 0 atom stereocenters. The Bertz CT molecular complexity index is 501. The van der Waals surface area contributed by atoms with Crippen LogP contribution in [0.2, 0.25) is 0 Å². The van der Waals surface area contributed by atoms with Crippen LogP contribution in [0.15, 0.2) is 24.3 Å². The summed E-state index contributed by atoms with van der Waals surface area (Å²) in [5, 5.41) is -1.19. The summed E-state index contributed by atoms with van der Waals surface area (Å²) in [6, 6.07) is 6.51. The van der Waals surface area contributed by atoms with Gasteiger partial charge in [0.15, 0.2) is 5.40 Å². The van der Waals surface area contributed by atoms with Gasteiger partial charge >= 0.3 is 15.2 Å². The van der Waals surface area contributed by atoms with E-state index in [1.165, 1.54) is 35.5 Å². The number of benzene rings is 1. The molecule has 9 heteroatoms. The molecule has 1 aromatic carbocycles. The second-order valence-corrected chi connectivity index (χ2v) is 9.02. The Kier molecular flexibility index (Phi) is 6.60. The molecule has 0 aliphatic heterocycles. The van der Waals surface area contributed by atoms with Crippen molar-refractivity contribution in [3.8, 4) is 5.75 Å². The van der Waals surface area contributed by atoms with E-state index in [0.29, 0.717) is 11.3 Å². The van der Waals surface area contributed by atoms with Gasteiger partial charge in [-0.2, -0.15) is 0 Å². The molecule has 1 rings (SSSR count). The van der Waals surface area contributed by atoms with E-state index >= 15 is 0 Å². The highest BCUT2D eigenvalue weighted by molar-refractivity contribution is 7.72. The van der Waals surface area contributed by atoms with Crippen molar-refractivity contribution < 1.29 is 32.0 Å². The summed E-state index contributed by atoms with van der Waals surface area (Å²) >= 11 is 0. The molecule has 0 saturated carbocycles. The van der Waals surface area contributed by atoms with Crippen LogP contribution in [0.5, 0.6) is 5.75 Å². The second-order valence-electron chi connectivity index (χ2n) is 3.96. The first-order chi connectivity index (χ1) is 9.90. The minimum Gasteiger partial charge on any atom is -0.497 e. The Balaban J connectivity index is 3.44. The Morgan fingerprint density at radius 3 is 1.43 bits per heavy atom. The Labute approximate surface area is 124 Å². The molecule has 0 heterocycles. The second kappa shape index (κ2) is 7.54. The fraction of sp³-hybridized carbons (Fsp3) is 0.500. The average Bonchev–Trinajstić information content (AvgIpc) is 2.55. The normalized spacial score (nSPS) is 12.7. The van der Waals surface area contributed by atoms with Crippen LogP contribution < -0.4 is 4.74 Å². The standard InChI is InChI=1S/C12H20O7P2/c1-15-11-8-6-10(7-9-11)12(20(13,16-2)17-3)21(14,18-4)19-5/h6-9,12H,1-5H3. The van der Waals surface area contributed by atoms with Crippen molar-refractivity contribution in [1.29, 1.82) is 0 Å². The van der Waals surface area contributed by atoms with Gasteiger partial charge in [-0.3, -0.25) is 9.13 Å². The van der Waals surface area contributed by atoms with Crippen LogP contribution in [0.4, 0.5) is 0 Å². The predicted octanol–water partition coefficient (Wildman–Crippen LogP) is 3.67. The van der Waals surface area contributed by atoms with E-state index < -0.39 is 20.6 Å². The van der Waals surface area contributed by atoms with Crippen LogP contribution in [-0.2, 0) is 27.2 Å². The minimum absolute atomic E-state index is 0.440. The van der Waals surface area contributed by atoms with Gasteiger partial charge in [0, 0.05) is 28.4 Å². The molecule has 0 aliphatic rings. The monoisotopic (exact) mass is 338 g/mol. The highest BCUT2D eigenvalue weighted by Crippen LogP contribution is 2.77. The van der Waals surface area contributed by atoms with Crippen LogP contribution in [0.1, 0.15) is 11.0 Å². The average molecular weight is 338 g/mol. The molecule has 21 heavy (non-hydrogen) atoms. The number of methoxy groups -OCH3 is 1. The lowest BCUT2D eigenvalue weighted by atomic mass is 10.2. The van der Waals surface area contributed by atoms with Gasteiger partial charge in [-0.05, 0) is 17.7 Å². The van der Waals surface area contributed by atoms with Crippen LogP contribution in [0.25, 0.3) is 0 Å². The molecule has 0 aliphatic carbocycles. The lowest BCUT2D eigenvalue weighted by molar-refractivity contribution is 0.247. The number of hydrogen-bond donors (Lipinski definition) is 0. The molecule has 0 saturated heterocycles. The minimum atomic E-state index is -3.75. The van der Waals surface area contributed by atoms with Crippen molar-refractivity contribution in [3.63, 3.8) is 0 Å². The van der Waals surface area contributed by atoms with E-state index in [-0.39, 0.29) is 0 Å². The maximum absolute atomic E-state index is 12.8. The highest BCUT2D eigenvalue weighted by Gasteiger charge is 2.50. The van der Waals surface area contributed by atoms with Gasteiger partial charge in [-0.25, -0.2) is 0 Å². The van der Waals surface area contributed by atoms with E-state index in [1.54, 1.807) is 24.3 Å². The van der Waals surface area contributed by atoms with Gasteiger partial charge < -0.3 is 22.8 Å². The van der Waals surface area contributed by atoms with Crippen molar-refractivity contribution in [2.45, 2.75) is 5.40 Å². The van der Waals surface area contributed by atoms with E-state index in [0.717, 1.165) is 0 Å².